The predicted molar refractivity (Wildman–Crippen MR) is 56.1 cm³/mol. The van der Waals surface area contributed by atoms with Crippen LogP contribution in [-0.4, -0.2) is 4.98 Å². The maximum Gasteiger partial charge on any atom is 0.0420 e. The molecule has 2 nitrogen and oxygen atoms in total. The van der Waals surface area contributed by atoms with Crippen LogP contribution in [0, 0.1) is 6.92 Å². The van der Waals surface area contributed by atoms with Gasteiger partial charge in [0.1, 0.15) is 0 Å². The average Bonchev–Trinajstić information content (AvgIpc) is 1.88. The van der Waals surface area contributed by atoms with E-state index in [2.05, 4.69) is 4.98 Å². The number of hydrogen-bond acceptors (Lipinski definition) is 2. The van der Waals surface area contributed by atoms with Crippen molar-refractivity contribution >= 4 is 24.8 Å². The molecule has 0 aliphatic heterocycles. The van der Waals surface area contributed by atoms with Gasteiger partial charge in [-0.15, -0.1) is 24.8 Å². The molecule has 1 heterocycles. The number of pyridine rings is 1. The Kier molecular flexibility index (Phi) is 7.39. The molecule has 2 N–H and O–H groups in total. The molecule has 0 saturated carbocycles. The monoisotopic (exact) mass is 208 g/mol. The van der Waals surface area contributed by atoms with Gasteiger partial charge in [-0.25, -0.2) is 0 Å². The van der Waals surface area contributed by atoms with Gasteiger partial charge in [-0.1, -0.05) is 6.07 Å². The van der Waals surface area contributed by atoms with Crippen LogP contribution in [0.15, 0.2) is 18.3 Å². The number of hydrogen-bond donors (Lipinski definition) is 1. The third kappa shape index (κ3) is 3.39. The zero-order valence-electron chi connectivity index (χ0n) is 7.15. The van der Waals surface area contributed by atoms with Gasteiger partial charge in [-0.05, 0) is 25.5 Å². The van der Waals surface area contributed by atoms with Crippen molar-refractivity contribution < 1.29 is 0 Å². The lowest BCUT2D eigenvalue weighted by molar-refractivity contribution is 0.799. The topological polar surface area (TPSA) is 38.9 Å². The Labute approximate surface area is 85.4 Å². The van der Waals surface area contributed by atoms with Crippen molar-refractivity contribution in [2.45, 2.75) is 19.9 Å². The van der Waals surface area contributed by atoms with Gasteiger partial charge in [0.05, 0.1) is 0 Å². The SMILES string of the molecule is Cc1ncccc1[C@H](C)N.Cl.Cl. The Morgan fingerprint density at radius 3 is 2.33 bits per heavy atom. The van der Waals surface area contributed by atoms with E-state index in [4.69, 9.17) is 5.73 Å². The van der Waals surface area contributed by atoms with Crippen LogP contribution in [0.3, 0.4) is 0 Å². The van der Waals surface area contributed by atoms with Crippen LogP contribution in [0.2, 0.25) is 0 Å². The molecule has 0 fully saturated rings. The van der Waals surface area contributed by atoms with E-state index in [-0.39, 0.29) is 30.9 Å². The van der Waals surface area contributed by atoms with Crippen molar-refractivity contribution in [1.82, 2.24) is 4.98 Å². The highest BCUT2D eigenvalue weighted by molar-refractivity contribution is 5.85. The van der Waals surface area contributed by atoms with Gasteiger partial charge in [0.25, 0.3) is 0 Å². The van der Waals surface area contributed by atoms with E-state index < -0.39 is 0 Å². The Morgan fingerprint density at radius 1 is 1.42 bits per heavy atom. The standard InChI is InChI=1S/C8H12N2.2ClH/c1-6(9)8-4-3-5-10-7(8)2;;/h3-6H,9H2,1-2H3;2*1H/t6-;;/m0../s1. The van der Waals surface area contributed by atoms with Gasteiger partial charge in [-0.2, -0.15) is 0 Å². The van der Waals surface area contributed by atoms with E-state index in [1.807, 2.05) is 26.0 Å². The van der Waals surface area contributed by atoms with Gasteiger partial charge in [0.15, 0.2) is 0 Å². The smallest absolute Gasteiger partial charge is 0.0420 e. The number of aryl methyl sites for hydroxylation is 1. The van der Waals surface area contributed by atoms with Gasteiger partial charge in [0.2, 0.25) is 0 Å². The van der Waals surface area contributed by atoms with Crippen molar-refractivity contribution in [3.8, 4) is 0 Å². The summed E-state index contributed by atoms with van der Waals surface area (Å²) in [5, 5.41) is 0. The number of rotatable bonds is 1. The zero-order valence-corrected chi connectivity index (χ0v) is 8.78. The summed E-state index contributed by atoms with van der Waals surface area (Å²) in [5.41, 5.74) is 7.83. The summed E-state index contributed by atoms with van der Waals surface area (Å²) >= 11 is 0. The summed E-state index contributed by atoms with van der Waals surface area (Å²) in [6.07, 6.45) is 1.78. The third-order valence-electron chi connectivity index (χ3n) is 1.54. The summed E-state index contributed by atoms with van der Waals surface area (Å²) in [6.45, 7) is 3.93. The lowest BCUT2D eigenvalue weighted by Crippen LogP contribution is -2.07. The highest BCUT2D eigenvalue weighted by atomic mass is 35.5. The molecule has 0 aliphatic carbocycles. The molecule has 1 aromatic heterocycles. The van der Waals surface area contributed by atoms with Gasteiger partial charge in [0, 0.05) is 17.9 Å². The summed E-state index contributed by atoms with van der Waals surface area (Å²) in [4.78, 5) is 4.12. The molecule has 0 aliphatic rings. The number of nitrogens with two attached hydrogens (primary N) is 1. The van der Waals surface area contributed by atoms with Crippen LogP contribution in [0.25, 0.3) is 0 Å². The van der Waals surface area contributed by atoms with E-state index in [9.17, 15) is 0 Å². The first-order valence-corrected chi connectivity index (χ1v) is 3.39. The Hall–Kier alpha value is -0.310. The molecule has 0 unspecified atom stereocenters. The molecule has 0 amide bonds. The van der Waals surface area contributed by atoms with Crippen LogP contribution in [0.5, 0.6) is 0 Å². The second-order valence-corrected chi connectivity index (χ2v) is 2.47. The van der Waals surface area contributed by atoms with Crippen molar-refractivity contribution in [3.05, 3.63) is 29.6 Å². The van der Waals surface area contributed by atoms with E-state index in [0.29, 0.717) is 0 Å². The number of halogens is 2. The van der Waals surface area contributed by atoms with E-state index >= 15 is 0 Å². The minimum atomic E-state index is 0. The fraction of sp³-hybridized carbons (Fsp3) is 0.375. The van der Waals surface area contributed by atoms with Gasteiger partial charge in [-0.3, -0.25) is 4.98 Å². The second-order valence-electron chi connectivity index (χ2n) is 2.47. The summed E-state index contributed by atoms with van der Waals surface area (Å²) in [6, 6.07) is 4.01. The molecule has 0 radical (unpaired) electrons. The maximum absolute atomic E-state index is 5.67. The van der Waals surface area contributed by atoms with Crippen molar-refractivity contribution in [2.24, 2.45) is 5.73 Å². The van der Waals surface area contributed by atoms with Crippen molar-refractivity contribution in [2.75, 3.05) is 0 Å². The molecule has 0 bridgehead atoms. The summed E-state index contributed by atoms with van der Waals surface area (Å²) < 4.78 is 0. The Balaban J connectivity index is 0. The van der Waals surface area contributed by atoms with Crippen molar-refractivity contribution in [3.63, 3.8) is 0 Å². The fourth-order valence-corrected chi connectivity index (χ4v) is 0.978. The Morgan fingerprint density at radius 2 is 2.00 bits per heavy atom. The largest absolute Gasteiger partial charge is 0.324 e. The number of aromatic nitrogens is 1. The van der Waals surface area contributed by atoms with Gasteiger partial charge < -0.3 is 5.73 Å². The highest BCUT2D eigenvalue weighted by Crippen LogP contribution is 2.10. The molecule has 12 heavy (non-hydrogen) atoms. The minimum absolute atomic E-state index is 0. The maximum atomic E-state index is 5.67. The van der Waals surface area contributed by atoms with E-state index in [0.717, 1.165) is 11.3 Å². The first-order chi connectivity index (χ1) is 4.72. The molecule has 4 heteroatoms. The number of nitrogens with zero attached hydrogens (tertiary/aromatic N) is 1. The normalized spacial score (nSPS) is 10.9. The second kappa shape index (κ2) is 6.23. The lowest BCUT2D eigenvalue weighted by Gasteiger charge is -2.06. The molecule has 70 valence electrons. The van der Waals surface area contributed by atoms with Crippen LogP contribution in [0.1, 0.15) is 24.2 Å². The molecule has 1 aromatic rings. The fourth-order valence-electron chi connectivity index (χ4n) is 0.978. The first-order valence-electron chi connectivity index (χ1n) is 3.39. The molecule has 0 spiro atoms. The minimum Gasteiger partial charge on any atom is -0.324 e. The predicted octanol–water partition coefficient (Wildman–Crippen LogP) is 2.25. The van der Waals surface area contributed by atoms with E-state index in [1.165, 1.54) is 0 Å². The summed E-state index contributed by atoms with van der Waals surface area (Å²) in [7, 11) is 0. The average molecular weight is 209 g/mol. The first kappa shape index (κ1) is 14.2. The lowest BCUT2D eigenvalue weighted by atomic mass is 10.1. The van der Waals surface area contributed by atoms with Crippen molar-refractivity contribution in [1.29, 1.82) is 0 Å². The quantitative estimate of drug-likeness (QED) is 0.770. The Bertz CT molecular complexity index is 226. The molecule has 0 saturated heterocycles. The molecular weight excluding hydrogens is 195 g/mol. The zero-order chi connectivity index (χ0) is 7.56. The van der Waals surface area contributed by atoms with Crippen LogP contribution < -0.4 is 5.73 Å². The summed E-state index contributed by atoms with van der Waals surface area (Å²) in [5.74, 6) is 0. The molecule has 1 rings (SSSR count). The van der Waals surface area contributed by atoms with Gasteiger partial charge >= 0.3 is 0 Å². The highest BCUT2D eigenvalue weighted by Gasteiger charge is 2.01. The van der Waals surface area contributed by atoms with Crippen LogP contribution in [0.4, 0.5) is 0 Å². The third-order valence-corrected chi connectivity index (χ3v) is 1.54. The molecule has 1 atom stereocenters. The van der Waals surface area contributed by atoms with E-state index in [1.54, 1.807) is 6.20 Å². The van der Waals surface area contributed by atoms with Crippen LogP contribution in [-0.2, 0) is 0 Å². The van der Waals surface area contributed by atoms with Crippen LogP contribution >= 0.6 is 24.8 Å². The molecule has 0 aromatic carbocycles. The molecular formula is C8H14Cl2N2.